The molecule has 2 aliphatic heterocycles. The molecular formula is C20H26N4O. The largest absolute Gasteiger partial charge is 0.335 e. The first-order chi connectivity index (χ1) is 12.0. The molecule has 2 aromatic rings. The second-order valence-electron chi connectivity index (χ2n) is 8.62. The van der Waals surface area contributed by atoms with Gasteiger partial charge in [-0.2, -0.15) is 5.10 Å². The fourth-order valence-corrected chi connectivity index (χ4v) is 5.85. The van der Waals surface area contributed by atoms with Gasteiger partial charge >= 0.3 is 0 Å². The van der Waals surface area contributed by atoms with Crippen LogP contribution in [-0.2, 0) is 0 Å². The van der Waals surface area contributed by atoms with Gasteiger partial charge in [-0.1, -0.05) is 0 Å². The van der Waals surface area contributed by atoms with Crippen molar-refractivity contribution in [3.8, 4) is 0 Å². The molecule has 2 aromatic heterocycles. The van der Waals surface area contributed by atoms with Crippen LogP contribution in [0, 0.1) is 38.5 Å². The molecule has 4 fully saturated rings. The molecule has 4 bridgehead atoms. The van der Waals surface area contributed by atoms with E-state index in [4.69, 9.17) is 0 Å². The van der Waals surface area contributed by atoms with Crippen LogP contribution in [0.1, 0.15) is 59.5 Å². The number of hydrogen-bond acceptors (Lipinski definition) is 3. The predicted octanol–water partition coefficient (Wildman–Crippen LogP) is 3.31. The lowest BCUT2D eigenvalue weighted by atomic mass is 9.68. The third-order valence-corrected chi connectivity index (χ3v) is 6.65. The van der Waals surface area contributed by atoms with Crippen molar-refractivity contribution < 1.29 is 4.79 Å². The van der Waals surface area contributed by atoms with E-state index in [0.29, 0.717) is 17.5 Å². The number of fused-ring (bicyclic) bond motifs is 2. The Hall–Kier alpha value is -1.91. The molecule has 1 amide bonds. The molecule has 5 heteroatoms. The first-order valence-electron chi connectivity index (χ1n) is 9.64. The van der Waals surface area contributed by atoms with E-state index in [9.17, 15) is 4.79 Å². The van der Waals surface area contributed by atoms with E-state index >= 15 is 0 Å². The van der Waals surface area contributed by atoms with Gasteiger partial charge in [0.25, 0.3) is 5.91 Å². The number of carbonyl (C=O) groups is 1. The van der Waals surface area contributed by atoms with E-state index in [1.54, 1.807) is 0 Å². The highest BCUT2D eigenvalue weighted by atomic mass is 16.2. The highest BCUT2D eigenvalue weighted by molar-refractivity contribution is 6.01. The summed E-state index contributed by atoms with van der Waals surface area (Å²) in [5, 5.41) is 4.61. The molecule has 2 atom stereocenters. The molecule has 4 aliphatic rings. The number of amides is 1. The Balaban J connectivity index is 1.59. The van der Waals surface area contributed by atoms with Gasteiger partial charge in [0, 0.05) is 24.0 Å². The van der Waals surface area contributed by atoms with Crippen molar-refractivity contribution in [2.45, 2.75) is 58.9 Å². The van der Waals surface area contributed by atoms with Gasteiger partial charge in [-0.3, -0.25) is 4.79 Å². The summed E-state index contributed by atoms with van der Waals surface area (Å²) in [5.41, 5.74) is 4.21. The first-order valence-corrected chi connectivity index (χ1v) is 9.64. The maximum Gasteiger partial charge on any atom is 0.259 e. The van der Waals surface area contributed by atoms with Crippen LogP contribution in [0.5, 0.6) is 0 Å². The highest BCUT2D eigenvalue weighted by Gasteiger charge is 2.44. The Morgan fingerprint density at radius 3 is 2.44 bits per heavy atom. The summed E-state index contributed by atoms with van der Waals surface area (Å²) in [7, 11) is 0. The topological polar surface area (TPSA) is 50.5 Å². The molecule has 2 aliphatic carbocycles. The number of rotatable bonds is 1. The normalized spacial score (nSPS) is 30.9. The zero-order valence-electron chi connectivity index (χ0n) is 15.3. The van der Waals surface area contributed by atoms with Gasteiger partial charge in [0.2, 0.25) is 0 Å². The molecule has 25 heavy (non-hydrogen) atoms. The average molecular weight is 338 g/mol. The van der Waals surface area contributed by atoms with Crippen molar-refractivity contribution in [1.29, 1.82) is 0 Å². The summed E-state index contributed by atoms with van der Waals surface area (Å²) >= 11 is 0. The van der Waals surface area contributed by atoms with E-state index in [0.717, 1.165) is 41.1 Å². The SMILES string of the molecule is Cc1cc(C)n2nc(C)c(C(=O)N3CC4CC5CC(C4)CC3C5)c2n1. The van der Waals surface area contributed by atoms with Crippen molar-refractivity contribution >= 4 is 11.6 Å². The molecule has 0 radical (unpaired) electrons. The van der Waals surface area contributed by atoms with Crippen LogP contribution in [0.15, 0.2) is 6.07 Å². The number of nitrogens with zero attached hydrogens (tertiary/aromatic N) is 4. The van der Waals surface area contributed by atoms with Crippen molar-refractivity contribution in [3.63, 3.8) is 0 Å². The maximum absolute atomic E-state index is 13.6. The van der Waals surface area contributed by atoms with E-state index in [1.807, 2.05) is 31.4 Å². The summed E-state index contributed by atoms with van der Waals surface area (Å²) in [6.07, 6.45) is 6.43. The Morgan fingerprint density at radius 1 is 1.04 bits per heavy atom. The summed E-state index contributed by atoms with van der Waals surface area (Å²) < 4.78 is 1.83. The van der Waals surface area contributed by atoms with Crippen molar-refractivity contribution in [2.24, 2.45) is 17.8 Å². The summed E-state index contributed by atoms with van der Waals surface area (Å²) in [5.74, 6) is 2.53. The molecular weight excluding hydrogens is 312 g/mol. The lowest BCUT2D eigenvalue weighted by Gasteiger charge is -2.38. The monoisotopic (exact) mass is 338 g/mol. The fourth-order valence-electron chi connectivity index (χ4n) is 5.85. The van der Waals surface area contributed by atoms with Crippen molar-refractivity contribution in [2.75, 3.05) is 6.54 Å². The summed E-state index contributed by atoms with van der Waals surface area (Å²) in [6.45, 7) is 6.88. The quantitative estimate of drug-likeness (QED) is 0.801. The van der Waals surface area contributed by atoms with Crippen LogP contribution < -0.4 is 0 Å². The molecule has 2 saturated carbocycles. The molecule has 2 saturated heterocycles. The molecule has 6 rings (SSSR count). The lowest BCUT2D eigenvalue weighted by Crippen LogP contribution is -2.42. The van der Waals surface area contributed by atoms with Gasteiger partial charge in [0.05, 0.1) is 5.69 Å². The van der Waals surface area contributed by atoms with E-state index in [-0.39, 0.29) is 5.91 Å². The first kappa shape index (κ1) is 15.4. The maximum atomic E-state index is 13.6. The lowest BCUT2D eigenvalue weighted by molar-refractivity contribution is 0.0633. The summed E-state index contributed by atoms with van der Waals surface area (Å²) in [6, 6.07) is 2.43. The molecule has 2 unspecified atom stereocenters. The van der Waals surface area contributed by atoms with Crippen LogP contribution in [0.2, 0.25) is 0 Å². The van der Waals surface area contributed by atoms with Gasteiger partial charge in [-0.05, 0) is 76.7 Å². The highest BCUT2D eigenvalue weighted by Crippen LogP contribution is 2.47. The predicted molar refractivity (Wildman–Crippen MR) is 95.6 cm³/mol. The molecule has 4 heterocycles. The molecule has 132 valence electrons. The number of carbonyl (C=O) groups excluding carboxylic acids is 1. The van der Waals surface area contributed by atoms with Gasteiger partial charge in [-0.15, -0.1) is 0 Å². The number of aryl methyl sites for hydroxylation is 3. The standard InChI is InChI=1S/C20H26N4O/c1-11-4-12(2)24-19(21-11)18(13(3)22-24)20(25)23-10-16-6-14-5-15(7-16)9-17(23)8-14/h4,14-17H,5-10H2,1-3H3. The van der Waals surface area contributed by atoms with Crippen LogP contribution in [0.3, 0.4) is 0 Å². The third-order valence-electron chi connectivity index (χ3n) is 6.65. The molecule has 0 spiro atoms. The Kier molecular flexibility index (Phi) is 3.25. The summed E-state index contributed by atoms with van der Waals surface area (Å²) in [4.78, 5) is 20.4. The Labute approximate surface area is 148 Å². The minimum Gasteiger partial charge on any atom is -0.335 e. The van der Waals surface area contributed by atoms with Crippen LogP contribution >= 0.6 is 0 Å². The fraction of sp³-hybridized carbons (Fsp3) is 0.650. The molecule has 0 aromatic carbocycles. The average Bonchev–Trinajstić information content (AvgIpc) is 2.74. The van der Waals surface area contributed by atoms with Crippen molar-refractivity contribution in [1.82, 2.24) is 19.5 Å². The van der Waals surface area contributed by atoms with E-state index in [1.165, 1.54) is 32.1 Å². The third kappa shape index (κ3) is 2.31. The number of aromatic nitrogens is 3. The minimum atomic E-state index is 0.156. The van der Waals surface area contributed by atoms with Gasteiger partial charge in [0.1, 0.15) is 5.56 Å². The van der Waals surface area contributed by atoms with Crippen LogP contribution in [0.4, 0.5) is 0 Å². The Bertz CT molecular complexity index is 856. The van der Waals surface area contributed by atoms with E-state index < -0.39 is 0 Å². The van der Waals surface area contributed by atoms with E-state index in [2.05, 4.69) is 15.0 Å². The zero-order valence-corrected chi connectivity index (χ0v) is 15.3. The number of hydrogen-bond donors (Lipinski definition) is 0. The second kappa shape index (κ2) is 5.29. The zero-order chi connectivity index (χ0) is 17.3. The molecule has 5 nitrogen and oxygen atoms in total. The van der Waals surface area contributed by atoms with Crippen molar-refractivity contribution in [3.05, 3.63) is 28.7 Å². The second-order valence-corrected chi connectivity index (χ2v) is 8.62. The van der Waals surface area contributed by atoms with Gasteiger partial charge in [0.15, 0.2) is 5.65 Å². The smallest absolute Gasteiger partial charge is 0.259 e. The Morgan fingerprint density at radius 2 is 1.72 bits per heavy atom. The van der Waals surface area contributed by atoms with Crippen LogP contribution in [-0.4, -0.2) is 38.0 Å². The molecule has 0 N–H and O–H groups in total. The minimum absolute atomic E-state index is 0.156. The van der Waals surface area contributed by atoms with Crippen LogP contribution in [0.25, 0.3) is 5.65 Å². The van der Waals surface area contributed by atoms with Gasteiger partial charge in [-0.25, -0.2) is 9.50 Å². The van der Waals surface area contributed by atoms with Gasteiger partial charge < -0.3 is 4.90 Å².